The number of non-ortho nitro benzene ring substituents is 1. The van der Waals surface area contributed by atoms with E-state index in [-0.39, 0.29) is 11.6 Å². The van der Waals surface area contributed by atoms with E-state index < -0.39 is 10.8 Å². The van der Waals surface area contributed by atoms with Crippen LogP contribution < -0.4 is 5.32 Å². The first-order chi connectivity index (χ1) is 10.5. The molecule has 0 spiro atoms. The van der Waals surface area contributed by atoms with Crippen molar-refractivity contribution in [3.05, 3.63) is 69.8 Å². The van der Waals surface area contributed by atoms with E-state index in [1.165, 1.54) is 12.1 Å². The molecule has 2 rings (SSSR count). The highest BCUT2D eigenvalue weighted by Crippen LogP contribution is 2.21. The van der Waals surface area contributed by atoms with Gasteiger partial charge in [-0.25, -0.2) is 0 Å². The zero-order chi connectivity index (χ0) is 16.1. The number of rotatable bonds is 4. The van der Waals surface area contributed by atoms with Crippen LogP contribution in [-0.2, 0) is 4.79 Å². The zero-order valence-corrected chi connectivity index (χ0v) is 11.8. The second kappa shape index (κ2) is 6.50. The van der Waals surface area contributed by atoms with Crippen LogP contribution in [0, 0.1) is 21.4 Å². The summed E-state index contributed by atoms with van der Waals surface area (Å²) >= 11 is 0. The average molecular weight is 295 g/mol. The van der Waals surface area contributed by atoms with Crippen LogP contribution >= 0.6 is 0 Å². The SMILES string of the molecule is CC(C(=O)Nc1cccc(C#N)c1)c1ccc([N+](=O)[O-])cc1. The third kappa shape index (κ3) is 3.46. The fourth-order valence-electron chi connectivity index (χ4n) is 1.95. The van der Waals surface area contributed by atoms with Crippen molar-refractivity contribution in [2.75, 3.05) is 5.32 Å². The first-order valence-electron chi connectivity index (χ1n) is 6.56. The van der Waals surface area contributed by atoms with Gasteiger partial charge in [0.15, 0.2) is 0 Å². The van der Waals surface area contributed by atoms with Gasteiger partial charge in [-0.15, -0.1) is 0 Å². The van der Waals surface area contributed by atoms with Gasteiger partial charge < -0.3 is 5.32 Å². The molecule has 0 heterocycles. The van der Waals surface area contributed by atoms with Crippen LogP contribution in [0.4, 0.5) is 11.4 Å². The molecular formula is C16H13N3O3. The van der Waals surface area contributed by atoms with Crippen molar-refractivity contribution < 1.29 is 9.72 Å². The molecule has 0 aromatic heterocycles. The highest BCUT2D eigenvalue weighted by atomic mass is 16.6. The monoisotopic (exact) mass is 295 g/mol. The highest BCUT2D eigenvalue weighted by Gasteiger charge is 2.16. The van der Waals surface area contributed by atoms with Gasteiger partial charge in [0.2, 0.25) is 5.91 Å². The van der Waals surface area contributed by atoms with E-state index in [2.05, 4.69) is 5.32 Å². The molecule has 0 saturated heterocycles. The minimum Gasteiger partial charge on any atom is -0.326 e. The molecule has 6 heteroatoms. The summed E-state index contributed by atoms with van der Waals surface area (Å²) in [6.07, 6.45) is 0. The second-order valence-electron chi connectivity index (χ2n) is 4.75. The van der Waals surface area contributed by atoms with Crippen LogP contribution in [-0.4, -0.2) is 10.8 Å². The average Bonchev–Trinajstić information content (AvgIpc) is 2.54. The number of anilines is 1. The molecule has 0 aliphatic heterocycles. The second-order valence-corrected chi connectivity index (χ2v) is 4.75. The Bertz CT molecular complexity index is 748. The number of nitriles is 1. The lowest BCUT2D eigenvalue weighted by molar-refractivity contribution is -0.384. The molecular weight excluding hydrogens is 282 g/mol. The molecule has 110 valence electrons. The predicted octanol–water partition coefficient (Wildman–Crippen LogP) is 3.21. The molecule has 1 N–H and O–H groups in total. The molecule has 0 saturated carbocycles. The minimum atomic E-state index is -0.484. The van der Waals surface area contributed by atoms with E-state index in [9.17, 15) is 14.9 Å². The standard InChI is InChI=1S/C16H13N3O3/c1-11(13-5-7-15(8-6-13)19(21)22)16(20)18-14-4-2-3-12(9-14)10-17/h2-9,11H,1H3,(H,18,20). The van der Waals surface area contributed by atoms with E-state index in [1.54, 1.807) is 43.3 Å². The molecule has 0 radical (unpaired) electrons. The number of nitrogens with zero attached hydrogens (tertiary/aromatic N) is 2. The first kappa shape index (κ1) is 15.2. The van der Waals surface area contributed by atoms with Crippen LogP contribution in [0.15, 0.2) is 48.5 Å². The number of nitro benzene ring substituents is 1. The Morgan fingerprint density at radius 1 is 1.27 bits per heavy atom. The van der Waals surface area contributed by atoms with Crippen molar-refractivity contribution in [1.29, 1.82) is 5.26 Å². The summed E-state index contributed by atoms with van der Waals surface area (Å²) in [5.41, 5.74) is 1.66. The topological polar surface area (TPSA) is 96.0 Å². The van der Waals surface area contributed by atoms with Gasteiger partial charge in [0.05, 0.1) is 22.5 Å². The maximum absolute atomic E-state index is 12.2. The van der Waals surface area contributed by atoms with Crippen LogP contribution in [0.3, 0.4) is 0 Å². The Balaban J connectivity index is 2.11. The molecule has 0 aliphatic rings. The van der Waals surface area contributed by atoms with Crippen molar-refractivity contribution in [3.8, 4) is 6.07 Å². The summed E-state index contributed by atoms with van der Waals surface area (Å²) in [6, 6.07) is 14.5. The molecule has 1 amide bonds. The molecule has 1 unspecified atom stereocenters. The first-order valence-corrected chi connectivity index (χ1v) is 6.56. The number of benzene rings is 2. The van der Waals surface area contributed by atoms with E-state index >= 15 is 0 Å². The fourth-order valence-corrected chi connectivity index (χ4v) is 1.95. The molecule has 0 fully saturated rings. The van der Waals surface area contributed by atoms with Gasteiger partial charge in [0.1, 0.15) is 0 Å². The maximum atomic E-state index is 12.2. The molecule has 1 atom stereocenters. The van der Waals surface area contributed by atoms with Gasteiger partial charge in [0.25, 0.3) is 5.69 Å². The number of hydrogen-bond donors (Lipinski definition) is 1. The quantitative estimate of drug-likeness (QED) is 0.692. The van der Waals surface area contributed by atoms with E-state index in [1.807, 2.05) is 6.07 Å². The minimum absolute atomic E-state index is 0.0157. The summed E-state index contributed by atoms with van der Waals surface area (Å²) in [5, 5.41) is 22.2. The lowest BCUT2D eigenvalue weighted by Crippen LogP contribution is -2.18. The summed E-state index contributed by atoms with van der Waals surface area (Å²) in [4.78, 5) is 22.3. The Hall–Kier alpha value is -3.20. The number of carbonyl (C=O) groups excluding carboxylic acids is 1. The predicted molar refractivity (Wildman–Crippen MR) is 81.3 cm³/mol. The lowest BCUT2D eigenvalue weighted by Gasteiger charge is -2.12. The van der Waals surface area contributed by atoms with Crippen molar-refractivity contribution in [2.45, 2.75) is 12.8 Å². The third-order valence-corrected chi connectivity index (χ3v) is 3.26. The maximum Gasteiger partial charge on any atom is 0.269 e. The molecule has 22 heavy (non-hydrogen) atoms. The van der Waals surface area contributed by atoms with E-state index in [0.29, 0.717) is 16.8 Å². The van der Waals surface area contributed by atoms with E-state index in [0.717, 1.165) is 0 Å². The summed E-state index contributed by atoms with van der Waals surface area (Å²) < 4.78 is 0. The van der Waals surface area contributed by atoms with Gasteiger partial charge in [-0.1, -0.05) is 18.2 Å². The summed E-state index contributed by atoms with van der Waals surface area (Å²) in [7, 11) is 0. The van der Waals surface area contributed by atoms with Crippen molar-refractivity contribution >= 4 is 17.3 Å². The van der Waals surface area contributed by atoms with Crippen LogP contribution in [0.1, 0.15) is 24.0 Å². The zero-order valence-electron chi connectivity index (χ0n) is 11.8. The van der Waals surface area contributed by atoms with Crippen LogP contribution in [0.2, 0.25) is 0 Å². The Morgan fingerprint density at radius 2 is 1.95 bits per heavy atom. The Morgan fingerprint density at radius 3 is 2.55 bits per heavy atom. The number of carbonyl (C=O) groups is 1. The van der Waals surface area contributed by atoms with Crippen molar-refractivity contribution in [3.63, 3.8) is 0 Å². The van der Waals surface area contributed by atoms with Crippen LogP contribution in [0.25, 0.3) is 0 Å². The number of nitrogens with one attached hydrogen (secondary N) is 1. The highest BCUT2D eigenvalue weighted by molar-refractivity contribution is 5.95. The molecule has 0 aliphatic carbocycles. The van der Waals surface area contributed by atoms with Gasteiger partial charge in [0, 0.05) is 17.8 Å². The van der Waals surface area contributed by atoms with Crippen molar-refractivity contribution in [2.24, 2.45) is 0 Å². The number of hydrogen-bond acceptors (Lipinski definition) is 4. The van der Waals surface area contributed by atoms with Gasteiger partial charge in [-0.3, -0.25) is 14.9 Å². The van der Waals surface area contributed by atoms with E-state index in [4.69, 9.17) is 5.26 Å². The van der Waals surface area contributed by atoms with Gasteiger partial charge in [-0.05, 0) is 30.7 Å². The fraction of sp³-hybridized carbons (Fsp3) is 0.125. The molecule has 2 aromatic carbocycles. The van der Waals surface area contributed by atoms with Gasteiger partial charge >= 0.3 is 0 Å². The summed E-state index contributed by atoms with van der Waals surface area (Å²) in [5.74, 6) is -0.713. The number of nitro groups is 1. The largest absolute Gasteiger partial charge is 0.326 e. The summed E-state index contributed by atoms with van der Waals surface area (Å²) in [6.45, 7) is 1.71. The number of amides is 1. The van der Waals surface area contributed by atoms with Crippen molar-refractivity contribution in [1.82, 2.24) is 0 Å². The molecule has 2 aromatic rings. The normalized spacial score (nSPS) is 11.3. The smallest absolute Gasteiger partial charge is 0.269 e. The van der Waals surface area contributed by atoms with Crippen LogP contribution in [0.5, 0.6) is 0 Å². The Labute approximate surface area is 127 Å². The van der Waals surface area contributed by atoms with Gasteiger partial charge in [-0.2, -0.15) is 5.26 Å². The third-order valence-electron chi connectivity index (χ3n) is 3.26. The Kier molecular flexibility index (Phi) is 4.49. The molecule has 0 bridgehead atoms. The lowest BCUT2D eigenvalue weighted by atomic mass is 10.00. The molecule has 6 nitrogen and oxygen atoms in total.